The molecule has 6 nitrogen and oxygen atoms in total. The first-order valence-corrected chi connectivity index (χ1v) is 12.2. The van der Waals surface area contributed by atoms with Gasteiger partial charge in [-0.15, -0.1) is 0 Å². The van der Waals surface area contributed by atoms with Crippen LogP contribution in [0.1, 0.15) is 72.6 Å². The molecule has 2 aromatic carbocycles. The second-order valence-electron chi connectivity index (χ2n) is 8.24. The van der Waals surface area contributed by atoms with Crippen molar-refractivity contribution in [3.8, 4) is 5.75 Å². The molecule has 1 aliphatic rings. The fraction of sp³-hybridized carbons (Fsp3) is 0.423. The first-order valence-electron chi connectivity index (χ1n) is 11.8. The summed E-state index contributed by atoms with van der Waals surface area (Å²) in [6, 6.07) is 14.3. The minimum Gasteiger partial charge on any atom is -0.494 e. The molecule has 0 spiro atoms. The number of ether oxygens (including phenoxy) is 1. The highest BCUT2D eigenvalue weighted by molar-refractivity contribution is 7.80. The zero-order valence-corrected chi connectivity index (χ0v) is 20.1. The van der Waals surface area contributed by atoms with E-state index in [1.807, 2.05) is 17.0 Å². The number of benzene rings is 2. The van der Waals surface area contributed by atoms with Gasteiger partial charge in [0.25, 0.3) is 11.8 Å². The first kappa shape index (κ1) is 24.7. The van der Waals surface area contributed by atoms with Crippen LogP contribution in [0, 0.1) is 0 Å². The van der Waals surface area contributed by atoms with E-state index < -0.39 is 0 Å². The first-order chi connectivity index (χ1) is 16.1. The summed E-state index contributed by atoms with van der Waals surface area (Å²) >= 11 is 5.35. The normalized spacial score (nSPS) is 13.7. The van der Waals surface area contributed by atoms with Crippen LogP contribution >= 0.6 is 12.2 Å². The van der Waals surface area contributed by atoms with E-state index in [2.05, 4.69) is 17.6 Å². The number of para-hydroxylation sites is 1. The van der Waals surface area contributed by atoms with Gasteiger partial charge >= 0.3 is 0 Å². The van der Waals surface area contributed by atoms with Crippen molar-refractivity contribution in [2.45, 2.75) is 51.9 Å². The molecule has 1 heterocycles. The van der Waals surface area contributed by atoms with Crippen LogP contribution in [-0.2, 0) is 0 Å². The van der Waals surface area contributed by atoms with E-state index in [-0.39, 0.29) is 16.9 Å². The molecule has 3 rings (SSSR count). The van der Waals surface area contributed by atoms with E-state index in [4.69, 9.17) is 17.0 Å². The van der Waals surface area contributed by atoms with Crippen LogP contribution in [0.15, 0.2) is 48.5 Å². The largest absolute Gasteiger partial charge is 0.494 e. The van der Waals surface area contributed by atoms with Crippen LogP contribution in [0.3, 0.4) is 0 Å². The van der Waals surface area contributed by atoms with E-state index in [1.165, 1.54) is 0 Å². The third kappa shape index (κ3) is 7.56. The molecule has 2 amide bonds. The van der Waals surface area contributed by atoms with Crippen LogP contribution < -0.4 is 15.4 Å². The molecular formula is C26H33N3O3S. The number of unbranched alkanes of at least 4 members (excludes halogenated alkanes) is 2. The van der Waals surface area contributed by atoms with Gasteiger partial charge in [-0.3, -0.25) is 14.9 Å². The lowest BCUT2D eigenvalue weighted by Gasteiger charge is -2.22. The van der Waals surface area contributed by atoms with Crippen molar-refractivity contribution < 1.29 is 14.3 Å². The Morgan fingerprint density at radius 1 is 0.970 bits per heavy atom. The summed E-state index contributed by atoms with van der Waals surface area (Å²) < 4.78 is 5.69. The topological polar surface area (TPSA) is 70.7 Å². The van der Waals surface area contributed by atoms with Gasteiger partial charge in [-0.1, -0.05) is 44.7 Å². The van der Waals surface area contributed by atoms with E-state index >= 15 is 0 Å². The molecule has 1 saturated heterocycles. The fourth-order valence-electron chi connectivity index (χ4n) is 3.80. The smallest absolute Gasteiger partial charge is 0.257 e. The van der Waals surface area contributed by atoms with Crippen molar-refractivity contribution in [2.75, 3.05) is 25.0 Å². The summed E-state index contributed by atoms with van der Waals surface area (Å²) in [6.07, 6.45) is 7.67. The van der Waals surface area contributed by atoms with Gasteiger partial charge in [0.2, 0.25) is 0 Å². The maximum absolute atomic E-state index is 13.1. The number of rotatable bonds is 8. The number of hydrogen-bond donors (Lipinski definition) is 2. The van der Waals surface area contributed by atoms with Gasteiger partial charge < -0.3 is 15.0 Å². The lowest BCUT2D eigenvalue weighted by atomic mass is 10.1. The Hall–Kier alpha value is -2.93. The van der Waals surface area contributed by atoms with E-state index in [0.29, 0.717) is 23.4 Å². The van der Waals surface area contributed by atoms with Crippen molar-refractivity contribution in [1.29, 1.82) is 0 Å². The summed E-state index contributed by atoms with van der Waals surface area (Å²) in [7, 11) is 0. The van der Waals surface area contributed by atoms with Crippen molar-refractivity contribution in [3.05, 3.63) is 59.7 Å². The summed E-state index contributed by atoms with van der Waals surface area (Å²) in [5.74, 6) is 0.411. The maximum Gasteiger partial charge on any atom is 0.257 e. The molecule has 0 atom stereocenters. The van der Waals surface area contributed by atoms with Gasteiger partial charge in [-0.2, -0.15) is 0 Å². The molecular weight excluding hydrogens is 434 g/mol. The highest BCUT2D eigenvalue weighted by atomic mass is 32.1. The molecule has 0 saturated carbocycles. The number of likely N-dealkylation sites (tertiary alicyclic amines) is 1. The van der Waals surface area contributed by atoms with E-state index in [0.717, 1.165) is 63.8 Å². The van der Waals surface area contributed by atoms with Crippen LogP contribution in [0.4, 0.5) is 5.69 Å². The predicted molar refractivity (Wildman–Crippen MR) is 136 cm³/mol. The van der Waals surface area contributed by atoms with Crippen LogP contribution in [0.2, 0.25) is 0 Å². The highest BCUT2D eigenvalue weighted by Crippen LogP contribution is 2.20. The molecule has 2 N–H and O–H groups in total. The Bertz CT molecular complexity index is 938. The molecule has 0 radical (unpaired) electrons. The Morgan fingerprint density at radius 3 is 2.36 bits per heavy atom. The van der Waals surface area contributed by atoms with Crippen molar-refractivity contribution in [3.63, 3.8) is 0 Å². The molecule has 33 heavy (non-hydrogen) atoms. The molecule has 0 aromatic heterocycles. The van der Waals surface area contributed by atoms with Gasteiger partial charge in [0.1, 0.15) is 5.75 Å². The van der Waals surface area contributed by atoms with Gasteiger partial charge in [-0.25, -0.2) is 0 Å². The molecule has 7 heteroatoms. The SMILES string of the molecule is CCCCCOc1ccc(C(=O)NC(=S)Nc2ccccc2C(=O)N2CCCCCC2)cc1. The zero-order valence-electron chi connectivity index (χ0n) is 19.3. The lowest BCUT2D eigenvalue weighted by molar-refractivity contribution is 0.0762. The summed E-state index contributed by atoms with van der Waals surface area (Å²) in [5.41, 5.74) is 1.63. The fourth-order valence-corrected chi connectivity index (χ4v) is 4.00. The highest BCUT2D eigenvalue weighted by Gasteiger charge is 2.20. The molecule has 0 bridgehead atoms. The monoisotopic (exact) mass is 467 g/mol. The number of carbonyl (C=O) groups excluding carboxylic acids is 2. The standard InChI is InChI=1S/C26H33N3O3S/c1-2-3-10-19-32-21-15-13-20(14-16-21)24(30)28-26(33)27-23-12-7-6-11-22(23)25(31)29-17-8-4-5-9-18-29/h6-7,11-16H,2-5,8-10,17-19H2,1H3,(H2,27,28,30,33). The van der Waals surface area contributed by atoms with Gasteiger partial charge in [0.05, 0.1) is 17.9 Å². The molecule has 1 aliphatic heterocycles. The predicted octanol–water partition coefficient (Wildman–Crippen LogP) is 5.40. The third-order valence-corrected chi connectivity index (χ3v) is 5.86. The van der Waals surface area contributed by atoms with E-state index in [9.17, 15) is 9.59 Å². The lowest BCUT2D eigenvalue weighted by Crippen LogP contribution is -2.36. The van der Waals surface area contributed by atoms with E-state index in [1.54, 1.807) is 36.4 Å². The molecule has 0 unspecified atom stereocenters. The maximum atomic E-state index is 13.1. The Labute approximate surface area is 201 Å². The molecule has 0 aliphatic carbocycles. The Morgan fingerprint density at radius 2 is 1.67 bits per heavy atom. The summed E-state index contributed by atoms with van der Waals surface area (Å²) in [4.78, 5) is 27.6. The number of carbonyl (C=O) groups is 2. The van der Waals surface area contributed by atoms with Crippen LogP contribution in [-0.4, -0.2) is 41.5 Å². The average Bonchev–Trinajstić information content (AvgIpc) is 3.12. The van der Waals surface area contributed by atoms with Crippen molar-refractivity contribution in [2.24, 2.45) is 0 Å². The summed E-state index contributed by atoms with van der Waals surface area (Å²) in [6.45, 7) is 4.36. The van der Waals surface area contributed by atoms with Crippen LogP contribution in [0.5, 0.6) is 5.75 Å². The molecule has 176 valence electrons. The average molecular weight is 468 g/mol. The van der Waals surface area contributed by atoms with Crippen LogP contribution in [0.25, 0.3) is 0 Å². The molecule has 1 fully saturated rings. The number of anilines is 1. The van der Waals surface area contributed by atoms with Crippen molar-refractivity contribution >= 4 is 34.8 Å². The van der Waals surface area contributed by atoms with Gasteiger partial charge in [0, 0.05) is 18.7 Å². The quantitative estimate of drug-likeness (QED) is 0.402. The van der Waals surface area contributed by atoms with Crippen molar-refractivity contribution in [1.82, 2.24) is 10.2 Å². The Balaban J connectivity index is 1.57. The Kier molecular flexibility index (Phi) is 9.69. The van der Waals surface area contributed by atoms with Gasteiger partial charge in [0.15, 0.2) is 5.11 Å². The second-order valence-corrected chi connectivity index (χ2v) is 8.65. The zero-order chi connectivity index (χ0) is 23.5. The minimum absolute atomic E-state index is 0.0105. The minimum atomic E-state index is -0.318. The third-order valence-electron chi connectivity index (χ3n) is 5.66. The number of thiocarbonyl (C=S) groups is 1. The number of nitrogens with zero attached hydrogens (tertiary/aromatic N) is 1. The number of nitrogens with one attached hydrogen (secondary N) is 2. The summed E-state index contributed by atoms with van der Waals surface area (Å²) in [5, 5.41) is 5.87. The molecule has 2 aromatic rings. The number of hydrogen-bond acceptors (Lipinski definition) is 4. The number of amides is 2. The second kappa shape index (κ2) is 12.9. The van der Waals surface area contributed by atoms with Gasteiger partial charge in [-0.05, 0) is 67.9 Å².